The van der Waals surface area contributed by atoms with Crippen LogP contribution in [0.3, 0.4) is 0 Å². The van der Waals surface area contributed by atoms with E-state index >= 15 is 0 Å². The molecule has 0 spiro atoms. The topological polar surface area (TPSA) is 36.3 Å². The second kappa shape index (κ2) is 10.4. The average molecular weight is 503 g/mol. The Hall–Kier alpha value is -2.12. The van der Waals surface area contributed by atoms with Crippen molar-refractivity contribution in [1.82, 2.24) is 19.6 Å². The average Bonchev–Trinajstić information content (AvgIpc) is 3.05. The van der Waals surface area contributed by atoms with Crippen molar-refractivity contribution < 1.29 is 0 Å². The molecule has 1 aliphatic rings. The first-order chi connectivity index (χ1) is 15.8. The molecule has 1 N–H and O–H groups in total. The molecule has 0 unspecified atom stereocenters. The van der Waals surface area contributed by atoms with E-state index in [1.165, 1.54) is 11.1 Å². The van der Waals surface area contributed by atoms with Crippen LogP contribution in [0.4, 0.5) is 5.69 Å². The number of aryl methyl sites for hydroxylation is 2. The summed E-state index contributed by atoms with van der Waals surface area (Å²) in [4.78, 5) is 4.74. The fraction of sp³-hybridized carbons (Fsp3) is 0.360. The number of rotatable bonds is 5. The molecule has 0 aliphatic carbocycles. The summed E-state index contributed by atoms with van der Waals surface area (Å²) in [6, 6.07) is 14.2. The third kappa shape index (κ3) is 5.69. The van der Waals surface area contributed by atoms with Crippen molar-refractivity contribution in [2.75, 3.05) is 31.5 Å². The van der Waals surface area contributed by atoms with Crippen molar-refractivity contribution in [3.05, 3.63) is 80.6 Å². The molecule has 0 atom stereocenters. The fourth-order valence-electron chi connectivity index (χ4n) is 4.17. The second-order valence-electron chi connectivity index (χ2n) is 8.56. The zero-order valence-corrected chi connectivity index (χ0v) is 21.6. The number of halogens is 2. The zero-order valence-electron chi connectivity index (χ0n) is 19.2. The molecule has 2 heterocycles. The smallest absolute Gasteiger partial charge is 0.173 e. The number of nitrogens with one attached hydrogen (secondary N) is 1. The van der Waals surface area contributed by atoms with Crippen LogP contribution in [-0.4, -0.2) is 50.9 Å². The molecular formula is C25H29Cl2N5S. The number of nitrogens with zero attached hydrogens (tertiary/aromatic N) is 4. The van der Waals surface area contributed by atoms with Crippen molar-refractivity contribution in [2.45, 2.75) is 33.9 Å². The number of benzene rings is 2. The normalized spacial score (nSPS) is 14.5. The number of aromatic nitrogens is 2. The van der Waals surface area contributed by atoms with Crippen LogP contribution in [0.1, 0.15) is 28.1 Å². The summed E-state index contributed by atoms with van der Waals surface area (Å²) in [5.74, 6) is 0. The summed E-state index contributed by atoms with van der Waals surface area (Å²) in [5.41, 5.74) is 6.63. The molecule has 2 aromatic carbocycles. The van der Waals surface area contributed by atoms with Crippen LogP contribution in [0.15, 0.2) is 42.5 Å². The van der Waals surface area contributed by atoms with Gasteiger partial charge in [0.15, 0.2) is 5.11 Å². The molecule has 1 aliphatic heterocycles. The first-order valence-corrected chi connectivity index (χ1v) is 12.3. The lowest BCUT2D eigenvalue weighted by molar-refractivity contribution is 0.176. The van der Waals surface area contributed by atoms with Crippen molar-refractivity contribution in [3.8, 4) is 0 Å². The van der Waals surface area contributed by atoms with E-state index in [1.54, 1.807) is 6.07 Å². The Bertz CT molecular complexity index is 1150. The first kappa shape index (κ1) is 24.0. The maximum atomic E-state index is 6.36. The minimum atomic E-state index is 0.578. The maximum Gasteiger partial charge on any atom is 0.173 e. The van der Waals surface area contributed by atoms with E-state index in [1.807, 2.05) is 23.7 Å². The van der Waals surface area contributed by atoms with Gasteiger partial charge >= 0.3 is 0 Å². The fourth-order valence-corrected chi connectivity index (χ4v) is 4.92. The number of hydrogen-bond donors (Lipinski definition) is 1. The highest BCUT2D eigenvalue weighted by molar-refractivity contribution is 7.80. The summed E-state index contributed by atoms with van der Waals surface area (Å²) in [6.45, 7) is 11.6. The molecule has 0 bridgehead atoms. The Morgan fingerprint density at radius 2 is 1.70 bits per heavy atom. The van der Waals surface area contributed by atoms with Crippen LogP contribution in [0, 0.1) is 20.8 Å². The van der Waals surface area contributed by atoms with E-state index in [-0.39, 0.29) is 0 Å². The van der Waals surface area contributed by atoms with E-state index in [9.17, 15) is 0 Å². The molecule has 0 saturated carbocycles. The van der Waals surface area contributed by atoms with Gasteiger partial charge < -0.3 is 10.2 Å². The summed E-state index contributed by atoms with van der Waals surface area (Å²) >= 11 is 18.2. The monoisotopic (exact) mass is 501 g/mol. The minimum Gasteiger partial charge on any atom is -0.346 e. The number of anilines is 1. The minimum absolute atomic E-state index is 0.578. The summed E-state index contributed by atoms with van der Waals surface area (Å²) in [5, 5.41) is 10.2. The quantitative estimate of drug-likeness (QED) is 0.455. The molecule has 4 rings (SSSR count). The standard InChI is InChI=1S/C25H29Cl2N5S/c1-17-6-4-5-7-20(17)15-30-10-12-31(13-11-30)25(33)28-24-18(2)29-32(19(24)3)16-21-8-9-22(26)14-23(21)27/h4-9,14H,10-13,15-16H2,1-3H3,(H,28,33). The molecule has 174 valence electrons. The van der Waals surface area contributed by atoms with Gasteiger partial charge in [-0.05, 0) is 61.8 Å². The number of hydrogen-bond acceptors (Lipinski definition) is 3. The van der Waals surface area contributed by atoms with Crippen LogP contribution < -0.4 is 5.32 Å². The molecule has 1 fully saturated rings. The van der Waals surface area contributed by atoms with E-state index in [2.05, 4.69) is 53.2 Å². The van der Waals surface area contributed by atoms with Gasteiger partial charge in [0, 0.05) is 42.8 Å². The summed E-state index contributed by atoms with van der Waals surface area (Å²) in [6.07, 6.45) is 0. The SMILES string of the molecule is Cc1ccccc1CN1CCN(C(=S)Nc2c(C)nn(Cc3ccc(Cl)cc3Cl)c2C)CC1. The lowest BCUT2D eigenvalue weighted by Gasteiger charge is -2.36. The van der Waals surface area contributed by atoms with Gasteiger partial charge in [0.05, 0.1) is 23.6 Å². The lowest BCUT2D eigenvalue weighted by Crippen LogP contribution is -2.49. The molecule has 3 aromatic rings. The highest BCUT2D eigenvalue weighted by Crippen LogP contribution is 2.25. The molecule has 5 nitrogen and oxygen atoms in total. The van der Waals surface area contributed by atoms with Crippen LogP contribution in [-0.2, 0) is 13.1 Å². The van der Waals surface area contributed by atoms with E-state index in [0.29, 0.717) is 16.6 Å². The van der Waals surface area contributed by atoms with E-state index in [4.69, 9.17) is 40.5 Å². The zero-order chi connectivity index (χ0) is 23.5. The molecule has 0 amide bonds. The van der Waals surface area contributed by atoms with Crippen LogP contribution in [0.5, 0.6) is 0 Å². The van der Waals surface area contributed by atoms with Gasteiger partial charge in [0.2, 0.25) is 0 Å². The summed E-state index contributed by atoms with van der Waals surface area (Å²) in [7, 11) is 0. The third-order valence-electron chi connectivity index (χ3n) is 6.26. The Morgan fingerprint density at radius 1 is 0.970 bits per heavy atom. The lowest BCUT2D eigenvalue weighted by atomic mass is 10.1. The first-order valence-electron chi connectivity index (χ1n) is 11.1. The van der Waals surface area contributed by atoms with Gasteiger partial charge in [-0.25, -0.2) is 0 Å². The number of piperazine rings is 1. The molecule has 33 heavy (non-hydrogen) atoms. The van der Waals surface area contributed by atoms with Crippen LogP contribution in [0.25, 0.3) is 0 Å². The van der Waals surface area contributed by atoms with Gasteiger partial charge in [-0.3, -0.25) is 9.58 Å². The number of thiocarbonyl (C=S) groups is 1. The van der Waals surface area contributed by atoms with Crippen molar-refractivity contribution in [3.63, 3.8) is 0 Å². The molecule has 8 heteroatoms. The van der Waals surface area contributed by atoms with Crippen molar-refractivity contribution >= 4 is 46.2 Å². The van der Waals surface area contributed by atoms with E-state index in [0.717, 1.165) is 60.5 Å². The van der Waals surface area contributed by atoms with E-state index < -0.39 is 0 Å². The Labute approximate surface area is 211 Å². The molecule has 1 saturated heterocycles. The van der Waals surface area contributed by atoms with Crippen molar-refractivity contribution in [2.24, 2.45) is 0 Å². The van der Waals surface area contributed by atoms with Crippen LogP contribution >= 0.6 is 35.4 Å². The van der Waals surface area contributed by atoms with Gasteiger partial charge in [0.1, 0.15) is 0 Å². The molecule has 0 radical (unpaired) electrons. The summed E-state index contributed by atoms with van der Waals surface area (Å²) < 4.78 is 1.95. The Balaban J connectivity index is 1.36. The molecule has 1 aromatic heterocycles. The van der Waals surface area contributed by atoms with Crippen molar-refractivity contribution in [1.29, 1.82) is 0 Å². The van der Waals surface area contributed by atoms with Gasteiger partial charge in [-0.2, -0.15) is 5.10 Å². The Morgan fingerprint density at radius 3 is 2.39 bits per heavy atom. The van der Waals surface area contributed by atoms with Gasteiger partial charge in [-0.15, -0.1) is 0 Å². The second-order valence-corrected chi connectivity index (χ2v) is 9.79. The third-order valence-corrected chi connectivity index (χ3v) is 7.21. The highest BCUT2D eigenvalue weighted by atomic mass is 35.5. The predicted molar refractivity (Wildman–Crippen MR) is 142 cm³/mol. The maximum absolute atomic E-state index is 6.36. The molecular weight excluding hydrogens is 473 g/mol. The largest absolute Gasteiger partial charge is 0.346 e. The van der Waals surface area contributed by atoms with Gasteiger partial charge in [0.25, 0.3) is 0 Å². The Kier molecular flexibility index (Phi) is 7.59. The highest BCUT2D eigenvalue weighted by Gasteiger charge is 2.21. The van der Waals surface area contributed by atoms with Crippen LogP contribution in [0.2, 0.25) is 10.0 Å². The van der Waals surface area contributed by atoms with Gasteiger partial charge in [-0.1, -0.05) is 53.5 Å². The predicted octanol–water partition coefficient (Wildman–Crippen LogP) is 5.68.